The van der Waals surface area contributed by atoms with E-state index in [9.17, 15) is 18.0 Å². The Morgan fingerprint density at radius 3 is 2.50 bits per heavy atom. The second kappa shape index (κ2) is 4.91. The van der Waals surface area contributed by atoms with Crippen molar-refractivity contribution < 1.29 is 23.1 Å². The molecule has 8 heteroatoms. The normalized spacial score (nSPS) is 30.6. The highest BCUT2D eigenvalue weighted by Crippen LogP contribution is 2.44. The van der Waals surface area contributed by atoms with Crippen LogP contribution in [0.3, 0.4) is 0 Å². The van der Waals surface area contributed by atoms with Crippen LogP contribution in [0.15, 0.2) is 0 Å². The Balaban J connectivity index is 2.03. The molecule has 1 saturated heterocycles. The first kappa shape index (κ1) is 15.1. The maximum atomic E-state index is 12.2. The van der Waals surface area contributed by atoms with Gasteiger partial charge in [-0.25, -0.2) is 13.2 Å². The van der Waals surface area contributed by atoms with Gasteiger partial charge in [0, 0.05) is 12.6 Å². The number of nitrogens with zero attached hydrogens (tertiary/aromatic N) is 1. The molecule has 0 bridgehead atoms. The maximum Gasteiger partial charge on any atom is 0.317 e. The van der Waals surface area contributed by atoms with Gasteiger partial charge in [0.1, 0.15) is 0 Å². The molecule has 2 aliphatic rings. The van der Waals surface area contributed by atoms with E-state index in [2.05, 4.69) is 5.32 Å². The van der Waals surface area contributed by atoms with Crippen molar-refractivity contribution in [3.63, 3.8) is 0 Å². The van der Waals surface area contributed by atoms with E-state index >= 15 is 0 Å². The third-order valence-corrected chi connectivity index (χ3v) is 5.71. The number of hydrogen-bond acceptors (Lipinski definition) is 4. The lowest BCUT2D eigenvalue weighted by Gasteiger charge is -2.34. The molecule has 0 aromatic rings. The molecule has 2 N–H and O–H groups in total. The van der Waals surface area contributed by atoms with E-state index in [1.165, 1.54) is 4.90 Å². The first-order chi connectivity index (χ1) is 9.11. The number of hydrogen-bond donors (Lipinski definition) is 2. The first-order valence-corrected chi connectivity index (χ1v) is 8.42. The van der Waals surface area contributed by atoms with E-state index in [1.807, 2.05) is 13.8 Å². The van der Waals surface area contributed by atoms with Crippen LogP contribution in [0.2, 0.25) is 0 Å². The van der Waals surface area contributed by atoms with Crippen LogP contribution in [0.4, 0.5) is 4.79 Å². The Bertz CT molecular complexity index is 528. The van der Waals surface area contributed by atoms with Crippen LogP contribution in [0.5, 0.6) is 0 Å². The van der Waals surface area contributed by atoms with Crippen molar-refractivity contribution in [2.24, 2.45) is 5.41 Å². The van der Waals surface area contributed by atoms with Crippen molar-refractivity contribution in [3.8, 4) is 0 Å². The topological polar surface area (TPSA) is 104 Å². The van der Waals surface area contributed by atoms with Gasteiger partial charge in [-0.1, -0.05) is 13.8 Å². The van der Waals surface area contributed by atoms with Crippen LogP contribution in [0, 0.1) is 5.41 Å². The van der Waals surface area contributed by atoms with Gasteiger partial charge in [0.15, 0.2) is 9.84 Å². The molecule has 20 heavy (non-hydrogen) atoms. The van der Waals surface area contributed by atoms with E-state index in [0.717, 1.165) is 6.42 Å². The molecule has 0 aromatic carbocycles. The number of carbonyl (C=O) groups excluding carboxylic acids is 1. The number of aliphatic carboxylic acids is 1. The van der Waals surface area contributed by atoms with Gasteiger partial charge in [-0.05, 0) is 11.8 Å². The number of rotatable bonds is 3. The monoisotopic (exact) mass is 304 g/mol. The van der Waals surface area contributed by atoms with Gasteiger partial charge in [-0.3, -0.25) is 4.79 Å². The zero-order valence-corrected chi connectivity index (χ0v) is 12.4. The summed E-state index contributed by atoms with van der Waals surface area (Å²) in [6.07, 6.45) is 0.537. The predicted octanol–water partition coefficient (Wildman–Crippen LogP) is 0.0682. The summed E-state index contributed by atoms with van der Waals surface area (Å²) in [6.45, 7) is 4.12. The van der Waals surface area contributed by atoms with Crippen LogP contribution < -0.4 is 5.32 Å². The number of nitrogens with one attached hydrogen (secondary N) is 1. The highest BCUT2D eigenvalue weighted by Gasteiger charge is 2.48. The average molecular weight is 304 g/mol. The minimum Gasteiger partial charge on any atom is -0.481 e. The third-order valence-electron chi connectivity index (χ3n) is 4.01. The van der Waals surface area contributed by atoms with Crippen molar-refractivity contribution >= 4 is 21.8 Å². The fourth-order valence-corrected chi connectivity index (χ4v) is 4.00. The number of sulfone groups is 1. The van der Waals surface area contributed by atoms with E-state index in [0.29, 0.717) is 0 Å². The summed E-state index contributed by atoms with van der Waals surface area (Å²) in [7, 11) is -3.26. The fourth-order valence-electron chi connectivity index (χ4n) is 2.47. The summed E-state index contributed by atoms with van der Waals surface area (Å²) in [4.78, 5) is 24.3. The second-order valence-electron chi connectivity index (χ2n) is 6.25. The van der Waals surface area contributed by atoms with Crippen molar-refractivity contribution in [2.45, 2.75) is 38.8 Å². The SMILES string of the molecule is CC1(C)CC1NC(=O)N1CCS(=O)(=O)CC1CC(=O)O. The van der Waals surface area contributed by atoms with Crippen molar-refractivity contribution in [1.29, 1.82) is 0 Å². The highest BCUT2D eigenvalue weighted by atomic mass is 32.2. The van der Waals surface area contributed by atoms with Gasteiger partial charge >= 0.3 is 12.0 Å². The van der Waals surface area contributed by atoms with E-state index in [4.69, 9.17) is 5.11 Å². The molecule has 1 heterocycles. The van der Waals surface area contributed by atoms with Gasteiger partial charge in [0.05, 0.1) is 24.0 Å². The number of amides is 2. The smallest absolute Gasteiger partial charge is 0.317 e. The zero-order valence-electron chi connectivity index (χ0n) is 11.6. The van der Waals surface area contributed by atoms with Crippen molar-refractivity contribution in [3.05, 3.63) is 0 Å². The number of carboxylic acids is 1. The number of carboxylic acid groups (broad SMARTS) is 1. The third kappa shape index (κ3) is 3.41. The van der Waals surface area contributed by atoms with Gasteiger partial charge in [0.25, 0.3) is 0 Å². The molecule has 2 unspecified atom stereocenters. The minimum absolute atomic E-state index is 0.0548. The molecular weight excluding hydrogens is 284 g/mol. The first-order valence-electron chi connectivity index (χ1n) is 6.60. The fraction of sp³-hybridized carbons (Fsp3) is 0.833. The lowest BCUT2D eigenvalue weighted by Crippen LogP contribution is -2.55. The van der Waals surface area contributed by atoms with Gasteiger partial charge in [-0.2, -0.15) is 0 Å². The van der Waals surface area contributed by atoms with E-state index in [1.54, 1.807) is 0 Å². The molecule has 1 saturated carbocycles. The van der Waals surface area contributed by atoms with Gasteiger partial charge in [0.2, 0.25) is 0 Å². The summed E-state index contributed by atoms with van der Waals surface area (Å²) >= 11 is 0. The maximum absolute atomic E-state index is 12.2. The lowest BCUT2D eigenvalue weighted by atomic mass is 10.2. The lowest BCUT2D eigenvalue weighted by molar-refractivity contribution is -0.138. The second-order valence-corrected chi connectivity index (χ2v) is 8.48. The number of carbonyl (C=O) groups is 2. The van der Waals surface area contributed by atoms with Crippen LogP contribution in [0.25, 0.3) is 0 Å². The zero-order chi connectivity index (χ0) is 15.1. The van der Waals surface area contributed by atoms with Gasteiger partial charge < -0.3 is 15.3 Å². The molecule has 2 atom stereocenters. The van der Waals surface area contributed by atoms with E-state index < -0.39 is 21.8 Å². The van der Waals surface area contributed by atoms with Crippen LogP contribution in [-0.2, 0) is 14.6 Å². The Morgan fingerprint density at radius 2 is 2.00 bits per heavy atom. The Hall–Kier alpha value is -1.31. The summed E-state index contributed by atoms with van der Waals surface area (Å²) in [5.74, 6) is -1.48. The van der Waals surface area contributed by atoms with E-state index in [-0.39, 0.29) is 42.0 Å². The van der Waals surface area contributed by atoms with Crippen LogP contribution >= 0.6 is 0 Å². The Labute approximate surface area is 118 Å². The summed E-state index contributed by atoms with van der Waals surface area (Å²) in [5.41, 5.74) is 0.0693. The summed E-state index contributed by atoms with van der Waals surface area (Å²) in [6, 6.07) is -1.06. The van der Waals surface area contributed by atoms with Crippen LogP contribution in [0.1, 0.15) is 26.7 Å². The minimum atomic E-state index is -3.26. The largest absolute Gasteiger partial charge is 0.481 e. The molecule has 0 spiro atoms. The molecular formula is C12H20N2O5S. The quantitative estimate of drug-likeness (QED) is 0.768. The van der Waals surface area contributed by atoms with Crippen molar-refractivity contribution in [1.82, 2.24) is 10.2 Å². The van der Waals surface area contributed by atoms with Crippen LogP contribution in [-0.4, -0.2) is 60.6 Å². The van der Waals surface area contributed by atoms with Crippen molar-refractivity contribution in [2.75, 3.05) is 18.1 Å². The molecule has 7 nitrogen and oxygen atoms in total. The molecule has 1 aliphatic heterocycles. The summed E-state index contributed by atoms with van der Waals surface area (Å²) in [5, 5.41) is 11.7. The number of urea groups is 1. The molecule has 0 radical (unpaired) electrons. The molecule has 1 aliphatic carbocycles. The Kier molecular flexibility index (Phi) is 3.70. The average Bonchev–Trinajstić information content (AvgIpc) is 2.83. The molecule has 2 amide bonds. The molecule has 2 fully saturated rings. The molecule has 0 aromatic heterocycles. The Morgan fingerprint density at radius 1 is 1.40 bits per heavy atom. The van der Waals surface area contributed by atoms with Gasteiger partial charge in [-0.15, -0.1) is 0 Å². The summed E-state index contributed by atoms with van der Waals surface area (Å²) < 4.78 is 23.2. The molecule has 114 valence electrons. The highest BCUT2D eigenvalue weighted by molar-refractivity contribution is 7.91. The standard InChI is InChI=1S/C12H20N2O5S/c1-12(2)6-9(12)13-11(17)14-3-4-20(18,19)7-8(14)5-10(15)16/h8-9H,3-7H2,1-2H3,(H,13,17)(H,15,16). The predicted molar refractivity (Wildman–Crippen MR) is 72.1 cm³/mol. The molecule has 2 rings (SSSR count).